The van der Waals surface area contributed by atoms with Gasteiger partial charge in [0.1, 0.15) is 6.04 Å². The van der Waals surface area contributed by atoms with E-state index in [0.29, 0.717) is 18.7 Å². The van der Waals surface area contributed by atoms with Gasteiger partial charge in [0.05, 0.1) is 18.2 Å². The molecule has 5 rings (SSSR count). The molecule has 8 heteroatoms. The molecule has 3 heterocycles. The van der Waals surface area contributed by atoms with Crippen LogP contribution in [0.4, 0.5) is 0 Å². The van der Waals surface area contributed by atoms with Crippen molar-refractivity contribution >= 4 is 17.7 Å². The first-order valence-corrected chi connectivity index (χ1v) is 12.4. The number of fused-ring (bicyclic) bond motifs is 3. The van der Waals surface area contributed by atoms with Gasteiger partial charge in [-0.15, -0.1) is 0 Å². The van der Waals surface area contributed by atoms with Gasteiger partial charge in [0.25, 0.3) is 5.91 Å². The number of likely N-dealkylation sites (tertiary alicyclic amines) is 3. The molecule has 2 bridgehead atoms. The van der Waals surface area contributed by atoms with Crippen molar-refractivity contribution in [1.82, 2.24) is 19.6 Å². The van der Waals surface area contributed by atoms with Gasteiger partial charge in [-0.1, -0.05) is 13.0 Å². The van der Waals surface area contributed by atoms with Crippen LogP contribution in [0.2, 0.25) is 0 Å². The van der Waals surface area contributed by atoms with Crippen molar-refractivity contribution in [2.45, 2.75) is 63.2 Å². The predicted octanol–water partition coefficient (Wildman–Crippen LogP) is 1.81. The fourth-order valence-corrected chi connectivity index (χ4v) is 6.45. The Balaban J connectivity index is 1.25. The van der Waals surface area contributed by atoms with Crippen LogP contribution >= 0.6 is 0 Å². The maximum atomic E-state index is 13.4. The Morgan fingerprint density at radius 1 is 1.24 bits per heavy atom. The van der Waals surface area contributed by atoms with Crippen molar-refractivity contribution in [3.63, 3.8) is 0 Å². The summed E-state index contributed by atoms with van der Waals surface area (Å²) in [5.41, 5.74) is 3.03. The lowest BCUT2D eigenvalue weighted by molar-refractivity contribution is -0.142. The Labute approximate surface area is 201 Å². The first-order chi connectivity index (χ1) is 16.3. The van der Waals surface area contributed by atoms with Gasteiger partial charge in [-0.05, 0) is 55.4 Å². The van der Waals surface area contributed by atoms with Crippen LogP contribution < -0.4 is 0 Å². The number of carbonyl (C=O) groups excluding carboxylic acids is 3. The minimum atomic E-state index is -0.307. The Hall–Kier alpha value is -2.92. The standard InChI is InChI=1S/C26H33N5O3/c1-16(24(32)30-10-4-5-19(30)13-27)14-29-15-20-12-23(29)26(34)31(20)22-9-7-17-11-18(6-8-21(17)22)25(33)28(2)3/h6,8,11,16,19-20,22-23H,4-5,7,9-10,12,14-15H2,1-3H3/t16-,19-,20-,22-,23-/m0/s1. The Morgan fingerprint density at radius 2 is 2.03 bits per heavy atom. The largest absolute Gasteiger partial charge is 0.345 e. The zero-order valence-electron chi connectivity index (χ0n) is 20.2. The van der Waals surface area contributed by atoms with Crippen molar-refractivity contribution in [1.29, 1.82) is 5.26 Å². The molecule has 0 aromatic heterocycles. The Morgan fingerprint density at radius 3 is 2.74 bits per heavy atom. The molecule has 3 amide bonds. The van der Waals surface area contributed by atoms with Crippen LogP contribution in [0.1, 0.15) is 60.1 Å². The topological polar surface area (TPSA) is 88.0 Å². The fourth-order valence-electron chi connectivity index (χ4n) is 6.45. The van der Waals surface area contributed by atoms with Crippen LogP contribution in [0.15, 0.2) is 18.2 Å². The lowest BCUT2D eigenvalue weighted by Crippen LogP contribution is -2.53. The normalized spacial score (nSPS) is 28.8. The van der Waals surface area contributed by atoms with E-state index in [1.807, 2.05) is 25.1 Å². The molecule has 0 unspecified atom stereocenters. The summed E-state index contributed by atoms with van der Waals surface area (Å²) >= 11 is 0. The van der Waals surface area contributed by atoms with Gasteiger partial charge < -0.3 is 14.7 Å². The molecule has 1 aromatic carbocycles. The summed E-state index contributed by atoms with van der Waals surface area (Å²) in [7, 11) is 3.51. The van der Waals surface area contributed by atoms with Gasteiger partial charge in [-0.25, -0.2) is 0 Å². The molecular formula is C26H33N5O3. The molecule has 3 fully saturated rings. The average molecular weight is 464 g/mol. The van der Waals surface area contributed by atoms with Crippen LogP contribution in [0.3, 0.4) is 0 Å². The Kier molecular flexibility index (Phi) is 5.85. The average Bonchev–Trinajstić information content (AvgIpc) is 3.60. The summed E-state index contributed by atoms with van der Waals surface area (Å²) in [6, 6.07) is 7.91. The summed E-state index contributed by atoms with van der Waals surface area (Å²) in [4.78, 5) is 46.3. The van der Waals surface area contributed by atoms with Crippen molar-refractivity contribution in [2.24, 2.45) is 5.92 Å². The van der Waals surface area contributed by atoms with Gasteiger partial charge >= 0.3 is 0 Å². The second-order valence-corrected chi connectivity index (χ2v) is 10.5. The summed E-state index contributed by atoms with van der Waals surface area (Å²) in [6.45, 7) is 3.93. The molecule has 0 radical (unpaired) electrons. The molecular weight excluding hydrogens is 430 g/mol. The lowest BCUT2D eigenvalue weighted by atomic mass is 10.0. The number of nitrogens with zero attached hydrogens (tertiary/aromatic N) is 5. The van der Waals surface area contributed by atoms with Crippen LogP contribution in [0.5, 0.6) is 0 Å². The fraction of sp³-hybridized carbons (Fsp3) is 0.615. The smallest absolute Gasteiger partial charge is 0.253 e. The second kappa shape index (κ2) is 8.70. The molecule has 4 aliphatic rings. The highest BCUT2D eigenvalue weighted by Gasteiger charge is 2.53. The molecule has 34 heavy (non-hydrogen) atoms. The summed E-state index contributed by atoms with van der Waals surface area (Å²) < 4.78 is 0. The third-order valence-electron chi connectivity index (χ3n) is 8.11. The highest BCUT2D eigenvalue weighted by molar-refractivity contribution is 5.94. The first kappa shape index (κ1) is 22.9. The van der Waals surface area contributed by atoms with Crippen molar-refractivity contribution < 1.29 is 14.4 Å². The van der Waals surface area contributed by atoms with E-state index < -0.39 is 0 Å². The number of amides is 3. The minimum Gasteiger partial charge on any atom is -0.345 e. The van der Waals surface area contributed by atoms with Crippen molar-refractivity contribution in [3.8, 4) is 6.07 Å². The highest BCUT2D eigenvalue weighted by atomic mass is 16.2. The molecule has 1 aliphatic carbocycles. The summed E-state index contributed by atoms with van der Waals surface area (Å²) in [5.74, 6) is -0.0338. The van der Waals surface area contributed by atoms with Gasteiger partial charge in [0.15, 0.2) is 0 Å². The van der Waals surface area contributed by atoms with Crippen LogP contribution in [-0.4, -0.2) is 89.2 Å². The SMILES string of the molecule is C[C@@H](CN1C[C@@H]2C[C@H]1C(=O)N2[C@H]1CCc2cc(C(=O)N(C)C)ccc21)C(=O)N1CCC[C@H]1C#N. The van der Waals surface area contributed by atoms with E-state index in [9.17, 15) is 19.6 Å². The summed E-state index contributed by atoms with van der Waals surface area (Å²) in [6.07, 6.45) is 4.22. The van der Waals surface area contributed by atoms with Gasteiger partial charge in [0.2, 0.25) is 11.8 Å². The monoisotopic (exact) mass is 463 g/mol. The zero-order valence-corrected chi connectivity index (χ0v) is 20.2. The molecule has 0 spiro atoms. The minimum absolute atomic E-state index is 0.00288. The van der Waals surface area contributed by atoms with Crippen molar-refractivity contribution in [3.05, 3.63) is 34.9 Å². The van der Waals surface area contributed by atoms with Crippen molar-refractivity contribution in [2.75, 3.05) is 33.7 Å². The van der Waals surface area contributed by atoms with E-state index in [2.05, 4.69) is 15.9 Å². The molecule has 0 saturated carbocycles. The Bertz CT molecular complexity index is 1060. The van der Waals surface area contributed by atoms with Crippen LogP contribution in [-0.2, 0) is 16.0 Å². The van der Waals surface area contributed by atoms with E-state index in [4.69, 9.17) is 0 Å². The number of nitriles is 1. The maximum absolute atomic E-state index is 13.4. The van der Waals surface area contributed by atoms with E-state index in [0.717, 1.165) is 38.6 Å². The maximum Gasteiger partial charge on any atom is 0.253 e. The number of benzene rings is 1. The number of hydrogen-bond donors (Lipinski definition) is 0. The van der Waals surface area contributed by atoms with E-state index >= 15 is 0 Å². The molecule has 8 nitrogen and oxygen atoms in total. The van der Waals surface area contributed by atoms with Gasteiger partial charge in [0, 0.05) is 51.3 Å². The van der Waals surface area contributed by atoms with Gasteiger partial charge in [-0.3, -0.25) is 19.3 Å². The third-order valence-corrected chi connectivity index (χ3v) is 8.11. The molecule has 5 atom stereocenters. The number of hydrogen-bond acceptors (Lipinski definition) is 5. The first-order valence-electron chi connectivity index (χ1n) is 12.4. The lowest BCUT2D eigenvalue weighted by Gasteiger charge is -2.38. The molecule has 180 valence electrons. The van der Waals surface area contributed by atoms with Crippen LogP contribution in [0, 0.1) is 17.2 Å². The third kappa shape index (κ3) is 3.67. The zero-order chi connectivity index (χ0) is 24.1. The highest BCUT2D eigenvalue weighted by Crippen LogP contribution is 2.44. The van der Waals surface area contributed by atoms with Crippen LogP contribution in [0.25, 0.3) is 0 Å². The molecule has 1 aromatic rings. The second-order valence-electron chi connectivity index (χ2n) is 10.5. The van der Waals surface area contributed by atoms with Gasteiger partial charge in [-0.2, -0.15) is 5.26 Å². The van der Waals surface area contributed by atoms with E-state index in [1.165, 1.54) is 11.1 Å². The quantitative estimate of drug-likeness (QED) is 0.665. The number of rotatable bonds is 5. The molecule has 3 saturated heterocycles. The molecule has 0 N–H and O–H groups in total. The summed E-state index contributed by atoms with van der Waals surface area (Å²) in [5, 5.41) is 9.32. The number of piperazine rings is 1. The van der Waals surface area contributed by atoms with E-state index in [1.54, 1.807) is 23.9 Å². The number of carbonyl (C=O) groups is 3. The predicted molar refractivity (Wildman–Crippen MR) is 126 cm³/mol. The number of aryl methyl sites for hydroxylation is 1. The van der Waals surface area contributed by atoms with E-state index in [-0.39, 0.29) is 47.8 Å². The molecule has 3 aliphatic heterocycles.